The lowest BCUT2D eigenvalue weighted by atomic mass is 9.89. The first-order valence-electron chi connectivity index (χ1n) is 32.3. The molecule has 450 valence electrons. The van der Waals surface area contributed by atoms with E-state index in [0.717, 1.165) is 24.3 Å². The fraction of sp³-hybridized carbons (Fsp3) is 0.341. The minimum Gasteiger partial charge on any atom is -0.457 e. The van der Waals surface area contributed by atoms with Gasteiger partial charge in [0.05, 0.1) is 0 Å². The number of hydrogen-bond donors (Lipinski definition) is 0. The zero-order chi connectivity index (χ0) is 63.2. The van der Waals surface area contributed by atoms with E-state index in [4.69, 9.17) is 4.74 Å². The van der Waals surface area contributed by atoms with E-state index >= 15 is 0 Å². The molecule has 1 aliphatic heterocycles. The van der Waals surface area contributed by atoms with Crippen LogP contribution < -0.4 is 4.74 Å². The second kappa shape index (κ2) is 54.1. The third-order valence-corrected chi connectivity index (χ3v) is 12.5. The van der Waals surface area contributed by atoms with Crippen LogP contribution >= 0.6 is 0 Å². The van der Waals surface area contributed by atoms with Gasteiger partial charge in [-0.05, 0) is 80.3 Å². The molecule has 0 saturated carbocycles. The van der Waals surface area contributed by atoms with Crippen molar-refractivity contribution in [1.29, 1.82) is 0 Å². The predicted octanol–water partition coefficient (Wildman–Crippen LogP) is 27.0. The summed E-state index contributed by atoms with van der Waals surface area (Å²) in [6.45, 7) is 47.1. The van der Waals surface area contributed by atoms with Gasteiger partial charge in [-0.15, -0.1) is 0 Å². The van der Waals surface area contributed by atoms with Crippen molar-refractivity contribution in [2.45, 2.75) is 190 Å². The molecule has 9 aromatic rings. The highest BCUT2D eigenvalue weighted by atomic mass is 16.5. The molecule has 9 aromatic carbocycles. The lowest BCUT2D eigenvalue weighted by Crippen LogP contribution is -2.06. The summed E-state index contributed by atoms with van der Waals surface area (Å²) in [6.07, 6.45) is 6.69. The summed E-state index contributed by atoms with van der Waals surface area (Å²) >= 11 is 0. The summed E-state index contributed by atoms with van der Waals surface area (Å²) in [6, 6.07) is 80.4. The van der Waals surface area contributed by atoms with E-state index < -0.39 is 0 Å². The number of benzene rings is 9. The lowest BCUT2D eigenvalue weighted by molar-refractivity contribution is 0.450. The zero-order valence-electron chi connectivity index (χ0n) is 56.6. The van der Waals surface area contributed by atoms with Crippen molar-refractivity contribution in [1.82, 2.24) is 0 Å². The Bertz CT molecular complexity index is 2720. The van der Waals surface area contributed by atoms with Crippen molar-refractivity contribution in [3.8, 4) is 11.5 Å². The van der Waals surface area contributed by atoms with Crippen molar-refractivity contribution < 1.29 is 4.74 Å². The van der Waals surface area contributed by atoms with E-state index in [9.17, 15) is 0 Å². The van der Waals surface area contributed by atoms with Gasteiger partial charge in [-0.2, -0.15) is 0 Å². The molecule has 0 N–H and O–H groups in total. The quantitative estimate of drug-likeness (QED) is 0.171. The maximum atomic E-state index is 5.85. The van der Waals surface area contributed by atoms with Crippen LogP contribution in [0.5, 0.6) is 11.5 Å². The van der Waals surface area contributed by atoms with E-state index in [1.54, 1.807) is 0 Å². The van der Waals surface area contributed by atoms with Gasteiger partial charge in [0.15, 0.2) is 0 Å². The summed E-state index contributed by atoms with van der Waals surface area (Å²) in [7, 11) is 0. The molecule has 0 radical (unpaired) electrons. The van der Waals surface area contributed by atoms with Gasteiger partial charge in [-0.25, -0.2) is 0 Å². The number of ether oxygens (including phenoxy) is 1. The van der Waals surface area contributed by atoms with Crippen LogP contribution in [0.1, 0.15) is 233 Å². The van der Waals surface area contributed by atoms with Gasteiger partial charge in [-0.3, -0.25) is 0 Å². The third kappa shape index (κ3) is 28.1. The maximum absolute atomic E-state index is 5.85. The molecule has 0 spiro atoms. The largest absolute Gasteiger partial charge is 0.457 e. The zero-order valence-corrected chi connectivity index (χ0v) is 56.6. The second-order valence-electron chi connectivity index (χ2n) is 16.6. The molecule has 83 heavy (non-hydrogen) atoms. The number of hydrogen-bond acceptors (Lipinski definition) is 1. The molecule has 2 aliphatic rings. The number of aryl methyl sites for hydroxylation is 2. The molecule has 1 heterocycles. The van der Waals surface area contributed by atoms with Crippen LogP contribution in [0.2, 0.25) is 0 Å². The van der Waals surface area contributed by atoms with E-state index in [1.807, 2.05) is 155 Å². The Morgan fingerprint density at radius 3 is 1.01 bits per heavy atom. The Morgan fingerprint density at radius 2 is 0.627 bits per heavy atom. The average molecular weight is 1120 g/mol. The van der Waals surface area contributed by atoms with Crippen LogP contribution in [-0.2, 0) is 12.8 Å². The predicted molar refractivity (Wildman–Crippen MR) is 381 cm³/mol. The first-order valence-corrected chi connectivity index (χ1v) is 32.3. The number of fused-ring (bicyclic) bond motifs is 5. The van der Waals surface area contributed by atoms with Gasteiger partial charge >= 0.3 is 0 Å². The maximum Gasteiger partial charge on any atom is 0.131 e. The molecule has 0 saturated heterocycles. The molecule has 0 fully saturated rings. The third-order valence-electron chi connectivity index (χ3n) is 12.5. The van der Waals surface area contributed by atoms with Gasteiger partial charge in [0, 0.05) is 28.9 Å². The van der Waals surface area contributed by atoms with Gasteiger partial charge < -0.3 is 4.74 Å². The van der Waals surface area contributed by atoms with Gasteiger partial charge in [0.1, 0.15) is 11.5 Å². The first-order chi connectivity index (χ1) is 40.9. The second-order valence-corrected chi connectivity index (χ2v) is 16.6. The molecular formula is C82H116O. The van der Waals surface area contributed by atoms with Crippen LogP contribution in [0, 0.1) is 0 Å². The van der Waals surface area contributed by atoms with Crippen LogP contribution in [0.3, 0.4) is 0 Å². The summed E-state index contributed by atoms with van der Waals surface area (Å²) in [5.41, 5.74) is 13.7. The van der Waals surface area contributed by atoms with Crippen molar-refractivity contribution in [3.63, 3.8) is 0 Å². The summed E-state index contributed by atoms with van der Waals surface area (Å²) < 4.78 is 5.85. The van der Waals surface area contributed by atoms with Gasteiger partial charge in [0.2, 0.25) is 0 Å². The topological polar surface area (TPSA) is 9.23 Å². The molecule has 0 aromatic heterocycles. The molecule has 0 bridgehead atoms. The molecular weight excluding hydrogens is 1000 g/mol. The first kappa shape index (κ1) is 80.0. The Kier molecular flexibility index (Phi) is 52.1. The minimum atomic E-state index is 0.422. The average Bonchev–Trinajstić information content (AvgIpc) is 3.76. The van der Waals surface area contributed by atoms with Crippen LogP contribution in [0.4, 0.5) is 0 Å². The van der Waals surface area contributed by atoms with E-state index in [-0.39, 0.29) is 0 Å². The van der Waals surface area contributed by atoms with Crippen LogP contribution in [-0.4, -0.2) is 0 Å². The molecule has 11 rings (SSSR count). The standard InChI is InChI=1S/C16H14.C14H12O.C14H14.C12H12.C8H10.9C2H6/c1-12-15-8-4-2-6-13(15)10-11-14-7-3-5-9-16(12)14;1-10-11-6-2-4-8-13(11)15-14-9-5-3-7-12(10)14;1-12(13-8-4-2-5-9-13)14-10-6-3-7-11-14;1-2-10-7-5-8-11-6-3-4-9-12(10)11;1-2-8-6-4-3-5-7-8;9*1-2/h2-12H,1H3;2-10H,1H3;2-12H,1H3;3-9H,2H2,1H3;3-7H,2H2,1H3;9*1-2H3. The molecule has 1 heteroatoms. The van der Waals surface area contributed by atoms with Crippen LogP contribution in [0.25, 0.3) is 22.9 Å². The van der Waals surface area contributed by atoms with Gasteiger partial charge in [-0.1, -0.05) is 390 Å². The fourth-order valence-electron chi connectivity index (χ4n) is 8.60. The van der Waals surface area contributed by atoms with E-state index in [2.05, 4.69) is 247 Å². The number of rotatable bonds is 4. The van der Waals surface area contributed by atoms with Crippen molar-refractivity contribution in [2.24, 2.45) is 0 Å². The Morgan fingerprint density at radius 1 is 0.313 bits per heavy atom. The fourth-order valence-corrected chi connectivity index (χ4v) is 8.60. The Hall–Kier alpha value is -7.22. The smallest absolute Gasteiger partial charge is 0.131 e. The highest BCUT2D eigenvalue weighted by Crippen LogP contribution is 2.43. The minimum absolute atomic E-state index is 0.422. The van der Waals surface area contributed by atoms with E-state index in [1.165, 1.54) is 66.4 Å². The molecule has 0 unspecified atom stereocenters. The normalized spacial score (nSPS) is 10.0. The Labute approximate surface area is 512 Å². The highest BCUT2D eigenvalue weighted by Gasteiger charge is 2.22. The Balaban J connectivity index is -0.000000910. The number of para-hydroxylation sites is 2. The molecule has 1 aliphatic carbocycles. The monoisotopic (exact) mass is 1120 g/mol. The lowest BCUT2D eigenvalue weighted by Gasteiger charge is -2.25. The molecule has 1 nitrogen and oxygen atoms in total. The SMILES string of the molecule is CC.CC.CC.CC.CC.CC.CC.CC.CC.CC(c1ccccc1)c1ccccc1.CC1c2ccccc2C=Cc2ccccc21.CC1c2ccccc2Oc2ccccc21.CCc1cccc2ccccc12.CCc1ccccc1. The van der Waals surface area contributed by atoms with Crippen molar-refractivity contribution >= 4 is 22.9 Å². The van der Waals surface area contributed by atoms with Gasteiger partial charge in [0.25, 0.3) is 0 Å². The summed E-state index contributed by atoms with van der Waals surface area (Å²) in [5.74, 6) is 3.36. The molecule has 0 atom stereocenters. The highest BCUT2D eigenvalue weighted by molar-refractivity contribution is 5.85. The van der Waals surface area contributed by atoms with Crippen molar-refractivity contribution in [2.75, 3.05) is 0 Å². The van der Waals surface area contributed by atoms with E-state index in [0.29, 0.717) is 17.8 Å². The molecule has 0 amide bonds. The van der Waals surface area contributed by atoms with Crippen molar-refractivity contribution in [3.05, 3.63) is 286 Å². The van der Waals surface area contributed by atoms with Crippen LogP contribution in [0.15, 0.2) is 231 Å². The summed E-state index contributed by atoms with van der Waals surface area (Å²) in [5, 5.41) is 2.74. The summed E-state index contributed by atoms with van der Waals surface area (Å²) in [4.78, 5) is 0.